The Morgan fingerprint density at radius 3 is 2.22 bits per heavy atom. The van der Waals surface area contributed by atoms with Gasteiger partial charge in [0.05, 0.1) is 20.8 Å². The number of hydrogen-bond acceptors (Lipinski definition) is 3. The van der Waals surface area contributed by atoms with E-state index in [1.165, 1.54) is 5.56 Å². The molecule has 1 unspecified atom stereocenters. The minimum Gasteiger partial charge on any atom is -0.368 e. The fraction of sp³-hybridized carbons (Fsp3) is 0.429. The third-order valence-electron chi connectivity index (χ3n) is 5.13. The summed E-state index contributed by atoms with van der Waals surface area (Å²) in [5.74, 6) is 0. The van der Waals surface area contributed by atoms with Crippen LogP contribution in [-0.2, 0) is 0 Å². The minimum atomic E-state index is 0.329. The third kappa shape index (κ3) is 5.30. The molecule has 1 saturated heterocycles. The molecule has 146 valence electrons. The summed E-state index contributed by atoms with van der Waals surface area (Å²) in [6, 6.07) is 14.4. The lowest BCUT2D eigenvalue weighted by molar-refractivity contribution is 0.166. The van der Waals surface area contributed by atoms with E-state index in [1.807, 2.05) is 30.3 Å². The summed E-state index contributed by atoms with van der Waals surface area (Å²) in [4.78, 5) is 7.15. The second-order valence-electron chi connectivity index (χ2n) is 7.26. The first-order chi connectivity index (χ1) is 13.0. The van der Waals surface area contributed by atoms with Crippen molar-refractivity contribution in [1.82, 2.24) is 9.80 Å². The van der Waals surface area contributed by atoms with Crippen LogP contribution in [0.2, 0.25) is 15.1 Å². The van der Waals surface area contributed by atoms with Gasteiger partial charge in [-0.15, -0.1) is 0 Å². The molecular weight excluding hydrogens is 401 g/mol. The summed E-state index contributed by atoms with van der Waals surface area (Å²) < 4.78 is 0. The predicted octanol–water partition coefficient (Wildman–Crippen LogP) is 5.46. The van der Waals surface area contributed by atoms with E-state index in [2.05, 4.69) is 40.9 Å². The molecule has 0 aromatic heterocycles. The van der Waals surface area contributed by atoms with Crippen LogP contribution < -0.4 is 4.90 Å². The Morgan fingerprint density at radius 1 is 0.889 bits per heavy atom. The van der Waals surface area contributed by atoms with Gasteiger partial charge >= 0.3 is 0 Å². The molecule has 3 rings (SSSR count). The van der Waals surface area contributed by atoms with Gasteiger partial charge in [0.1, 0.15) is 0 Å². The van der Waals surface area contributed by atoms with Crippen LogP contribution in [0.4, 0.5) is 5.69 Å². The lowest BCUT2D eigenvalue weighted by atomic mass is 10.0. The van der Waals surface area contributed by atoms with Gasteiger partial charge in [-0.05, 0) is 56.9 Å². The van der Waals surface area contributed by atoms with Crippen molar-refractivity contribution >= 4 is 40.5 Å². The van der Waals surface area contributed by atoms with E-state index >= 15 is 0 Å². The first-order valence-electron chi connectivity index (χ1n) is 9.29. The number of para-hydroxylation sites is 1. The molecule has 1 atom stereocenters. The van der Waals surface area contributed by atoms with Crippen molar-refractivity contribution in [2.45, 2.75) is 12.5 Å². The molecule has 2 aromatic carbocycles. The van der Waals surface area contributed by atoms with E-state index in [-0.39, 0.29) is 0 Å². The van der Waals surface area contributed by atoms with Crippen molar-refractivity contribution in [2.24, 2.45) is 0 Å². The first-order valence-corrected chi connectivity index (χ1v) is 10.4. The van der Waals surface area contributed by atoms with Gasteiger partial charge in [-0.2, -0.15) is 0 Å². The molecule has 1 fully saturated rings. The summed E-state index contributed by atoms with van der Waals surface area (Å²) in [5.41, 5.74) is 2.36. The zero-order valence-corrected chi connectivity index (χ0v) is 18.1. The van der Waals surface area contributed by atoms with Crippen molar-refractivity contribution in [3.8, 4) is 0 Å². The highest BCUT2D eigenvalue weighted by molar-refractivity contribution is 6.42. The molecule has 0 amide bonds. The molecule has 0 bridgehead atoms. The maximum atomic E-state index is 6.38. The van der Waals surface area contributed by atoms with E-state index in [0.717, 1.165) is 49.9 Å². The van der Waals surface area contributed by atoms with Crippen LogP contribution in [-0.4, -0.2) is 56.6 Å². The minimum absolute atomic E-state index is 0.329. The fourth-order valence-electron chi connectivity index (χ4n) is 3.64. The molecule has 0 saturated carbocycles. The van der Waals surface area contributed by atoms with Gasteiger partial charge in [0.15, 0.2) is 0 Å². The summed E-state index contributed by atoms with van der Waals surface area (Å²) in [7, 11) is 4.22. The molecule has 0 N–H and O–H groups in total. The van der Waals surface area contributed by atoms with Crippen LogP contribution in [0.3, 0.4) is 0 Å². The number of piperazine rings is 1. The number of benzene rings is 2. The van der Waals surface area contributed by atoms with Crippen LogP contribution in [0.5, 0.6) is 0 Å². The summed E-state index contributed by atoms with van der Waals surface area (Å²) >= 11 is 18.8. The number of nitrogens with zero attached hydrogens (tertiary/aromatic N) is 3. The Balaban J connectivity index is 1.74. The van der Waals surface area contributed by atoms with E-state index in [1.54, 1.807) is 0 Å². The van der Waals surface area contributed by atoms with Crippen LogP contribution in [0.25, 0.3) is 0 Å². The number of hydrogen-bond donors (Lipinski definition) is 0. The molecule has 0 radical (unpaired) electrons. The summed E-state index contributed by atoms with van der Waals surface area (Å²) in [6.07, 6.45) is 1.05. The van der Waals surface area contributed by atoms with Crippen molar-refractivity contribution in [3.63, 3.8) is 0 Å². The highest BCUT2D eigenvalue weighted by atomic mass is 35.5. The quantitative estimate of drug-likeness (QED) is 0.607. The molecule has 2 aromatic rings. The van der Waals surface area contributed by atoms with Gasteiger partial charge in [-0.25, -0.2) is 0 Å². The Labute approximate surface area is 177 Å². The van der Waals surface area contributed by atoms with Crippen LogP contribution in [0.1, 0.15) is 18.0 Å². The highest BCUT2D eigenvalue weighted by Gasteiger charge is 2.26. The van der Waals surface area contributed by atoms with Crippen LogP contribution >= 0.6 is 34.8 Å². The SMILES string of the molecule is CN(C)CCC(c1ccc(Cl)c(Cl)c1)N1CCN(c2ccccc2Cl)CC1. The molecule has 0 aliphatic carbocycles. The highest BCUT2D eigenvalue weighted by Crippen LogP contribution is 2.32. The molecule has 3 nitrogen and oxygen atoms in total. The van der Waals surface area contributed by atoms with Crippen molar-refractivity contribution in [1.29, 1.82) is 0 Å². The van der Waals surface area contributed by atoms with Gasteiger partial charge < -0.3 is 9.80 Å². The second-order valence-corrected chi connectivity index (χ2v) is 8.48. The predicted molar refractivity (Wildman–Crippen MR) is 118 cm³/mol. The van der Waals surface area contributed by atoms with E-state index in [9.17, 15) is 0 Å². The van der Waals surface area contributed by atoms with E-state index < -0.39 is 0 Å². The number of anilines is 1. The van der Waals surface area contributed by atoms with Crippen molar-refractivity contribution in [2.75, 3.05) is 51.7 Å². The van der Waals surface area contributed by atoms with Gasteiger partial charge in [-0.1, -0.05) is 53.0 Å². The van der Waals surface area contributed by atoms with Gasteiger partial charge in [-0.3, -0.25) is 4.90 Å². The monoisotopic (exact) mass is 425 g/mol. The topological polar surface area (TPSA) is 9.72 Å². The lowest BCUT2D eigenvalue weighted by Crippen LogP contribution is -2.48. The molecule has 1 aliphatic rings. The molecular formula is C21H26Cl3N3. The molecule has 1 heterocycles. The number of halogens is 3. The zero-order chi connectivity index (χ0) is 19.4. The largest absolute Gasteiger partial charge is 0.368 e. The third-order valence-corrected chi connectivity index (χ3v) is 6.18. The summed E-state index contributed by atoms with van der Waals surface area (Å²) in [6.45, 7) is 4.93. The van der Waals surface area contributed by atoms with Crippen LogP contribution in [0, 0.1) is 0 Å². The van der Waals surface area contributed by atoms with Gasteiger partial charge in [0, 0.05) is 32.2 Å². The first kappa shape index (κ1) is 20.8. The smallest absolute Gasteiger partial charge is 0.0639 e. The average Bonchev–Trinajstić information content (AvgIpc) is 2.65. The average molecular weight is 427 g/mol. The maximum absolute atomic E-state index is 6.38. The zero-order valence-electron chi connectivity index (χ0n) is 15.8. The standard InChI is InChI=1S/C21H26Cl3N3/c1-25(2)10-9-20(16-7-8-17(22)19(24)15-16)26-11-13-27(14-12-26)21-6-4-3-5-18(21)23/h3-8,15,20H,9-14H2,1-2H3. The number of rotatable bonds is 6. The van der Waals surface area contributed by atoms with Gasteiger partial charge in [0.2, 0.25) is 0 Å². The molecule has 0 spiro atoms. The van der Waals surface area contributed by atoms with Crippen molar-refractivity contribution in [3.05, 3.63) is 63.1 Å². The van der Waals surface area contributed by atoms with Crippen molar-refractivity contribution < 1.29 is 0 Å². The normalized spacial score (nSPS) is 16.7. The maximum Gasteiger partial charge on any atom is 0.0639 e. The Kier molecular flexibility index (Phi) is 7.29. The second kappa shape index (κ2) is 9.49. The van der Waals surface area contributed by atoms with E-state index in [4.69, 9.17) is 34.8 Å². The molecule has 6 heteroatoms. The molecule has 27 heavy (non-hydrogen) atoms. The fourth-order valence-corrected chi connectivity index (χ4v) is 4.20. The van der Waals surface area contributed by atoms with Gasteiger partial charge in [0.25, 0.3) is 0 Å². The Morgan fingerprint density at radius 2 is 1.59 bits per heavy atom. The Hall–Kier alpha value is -0.970. The Bertz CT molecular complexity index is 758. The van der Waals surface area contributed by atoms with Crippen LogP contribution in [0.15, 0.2) is 42.5 Å². The lowest BCUT2D eigenvalue weighted by Gasteiger charge is -2.41. The van der Waals surface area contributed by atoms with E-state index in [0.29, 0.717) is 16.1 Å². The summed E-state index contributed by atoms with van der Waals surface area (Å²) in [5, 5.41) is 2.05. The molecule has 1 aliphatic heterocycles.